The van der Waals surface area contributed by atoms with Crippen LogP contribution in [0.5, 0.6) is 0 Å². The van der Waals surface area contributed by atoms with E-state index in [-0.39, 0.29) is 29.3 Å². The summed E-state index contributed by atoms with van der Waals surface area (Å²) in [6.45, 7) is 4.49. The summed E-state index contributed by atoms with van der Waals surface area (Å²) in [5, 5.41) is 2.83. The lowest BCUT2D eigenvalue weighted by molar-refractivity contribution is -0.121. The molecule has 2 aliphatic rings. The van der Waals surface area contributed by atoms with Crippen LogP contribution in [0.4, 0.5) is 0 Å². The van der Waals surface area contributed by atoms with Gasteiger partial charge in [0.2, 0.25) is 5.91 Å². The average molecular weight is 381 g/mol. The molecule has 1 fully saturated rings. The van der Waals surface area contributed by atoms with Gasteiger partial charge in [0.15, 0.2) is 0 Å². The van der Waals surface area contributed by atoms with E-state index >= 15 is 0 Å². The van der Waals surface area contributed by atoms with Crippen LogP contribution in [0.25, 0.3) is 0 Å². The van der Waals surface area contributed by atoms with Crippen LogP contribution in [0, 0.1) is 0 Å². The predicted octanol–water partition coefficient (Wildman–Crippen LogP) is 0.0597. The number of hydrogen-bond donors (Lipinski definition) is 1. The summed E-state index contributed by atoms with van der Waals surface area (Å²) in [7, 11) is -3.79. The first kappa shape index (κ1) is 18.8. The van der Waals surface area contributed by atoms with Crippen molar-refractivity contribution in [1.82, 2.24) is 14.5 Å². The molecule has 0 atom stereocenters. The van der Waals surface area contributed by atoms with Crippen molar-refractivity contribution in [3.63, 3.8) is 0 Å². The molecular weight excluding hydrogens is 358 g/mol. The monoisotopic (exact) mass is 381 g/mol. The fourth-order valence-electron chi connectivity index (χ4n) is 3.10. The average Bonchev–Trinajstić information content (AvgIpc) is 2.84. The van der Waals surface area contributed by atoms with Crippen molar-refractivity contribution in [1.29, 1.82) is 0 Å². The standard InChI is InChI=1S/C17H23N3O5S/c21-16(18-7-9-19-10-12-25-13-11-19)6-3-8-20-17(22)14-4-1-2-5-15(14)26(20,23)24/h1-2,4-5H,3,6-13H2,(H,18,21). The smallest absolute Gasteiger partial charge is 0.269 e. The number of ether oxygens (including phenoxy) is 1. The number of sulfonamides is 1. The van der Waals surface area contributed by atoms with Gasteiger partial charge in [-0.15, -0.1) is 0 Å². The minimum absolute atomic E-state index is 0.00668. The molecule has 0 unspecified atom stereocenters. The molecule has 1 aromatic carbocycles. The van der Waals surface area contributed by atoms with Crippen LogP contribution >= 0.6 is 0 Å². The van der Waals surface area contributed by atoms with Crippen LogP contribution in [-0.4, -0.2) is 75.4 Å². The quantitative estimate of drug-likeness (QED) is 0.718. The van der Waals surface area contributed by atoms with Gasteiger partial charge in [-0.25, -0.2) is 12.7 Å². The number of benzene rings is 1. The molecule has 9 heteroatoms. The molecule has 142 valence electrons. The van der Waals surface area contributed by atoms with E-state index < -0.39 is 15.9 Å². The van der Waals surface area contributed by atoms with Crippen molar-refractivity contribution >= 4 is 21.8 Å². The molecule has 8 nitrogen and oxygen atoms in total. The summed E-state index contributed by atoms with van der Waals surface area (Å²) in [5.41, 5.74) is 0.197. The zero-order valence-electron chi connectivity index (χ0n) is 14.5. The minimum atomic E-state index is -3.79. The van der Waals surface area contributed by atoms with E-state index in [0.29, 0.717) is 26.2 Å². The summed E-state index contributed by atoms with van der Waals surface area (Å²) < 4.78 is 30.9. The Kier molecular flexibility index (Phi) is 5.90. The van der Waals surface area contributed by atoms with Crippen molar-refractivity contribution in [3.8, 4) is 0 Å². The maximum Gasteiger partial charge on any atom is 0.269 e. The zero-order valence-corrected chi connectivity index (χ0v) is 15.3. The first-order chi connectivity index (χ1) is 12.5. The number of hydrogen-bond acceptors (Lipinski definition) is 6. The summed E-state index contributed by atoms with van der Waals surface area (Å²) in [4.78, 5) is 26.4. The maximum atomic E-state index is 12.4. The Balaban J connectivity index is 1.42. The van der Waals surface area contributed by atoms with Gasteiger partial charge in [0.1, 0.15) is 4.90 Å². The van der Waals surface area contributed by atoms with Crippen LogP contribution in [0.1, 0.15) is 23.2 Å². The highest BCUT2D eigenvalue weighted by atomic mass is 32.2. The van der Waals surface area contributed by atoms with Crippen molar-refractivity contribution in [3.05, 3.63) is 29.8 Å². The van der Waals surface area contributed by atoms with Crippen LogP contribution in [-0.2, 0) is 19.6 Å². The normalized spacial score (nSPS) is 19.4. The summed E-state index contributed by atoms with van der Waals surface area (Å²) in [6.07, 6.45) is 0.473. The molecule has 2 heterocycles. The molecular formula is C17H23N3O5S. The highest BCUT2D eigenvalue weighted by Crippen LogP contribution is 2.29. The third-order valence-electron chi connectivity index (χ3n) is 4.53. The van der Waals surface area contributed by atoms with Gasteiger partial charge in [-0.3, -0.25) is 14.5 Å². The maximum absolute atomic E-state index is 12.4. The number of fused-ring (bicyclic) bond motifs is 1. The van der Waals surface area contributed by atoms with Crippen molar-refractivity contribution in [2.45, 2.75) is 17.7 Å². The number of carbonyl (C=O) groups excluding carboxylic acids is 2. The summed E-state index contributed by atoms with van der Waals surface area (Å²) in [5.74, 6) is -0.659. The van der Waals surface area contributed by atoms with Crippen LogP contribution < -0.4 is 5.32 Å². The number of morpholine rings is 1. The Hall–Kier alpha value is -1.97. The van der Waals surface area contributed by atoms with Gasteiger partial charge < -0.3 is 10.1 Å². The van der Waals surface area contributed by atoms with Gasteiger partial charge >= 0.3 is 0 Å². The molecule has 2 amide bonds. The Morgan fingerprint density at radius 3 is 2.62 bits per heavy atom. The SMILES string of the molecule is O=C(CCCN1C(=O)c2ccccc2S1(=O)=O)NCCN1CCOCC1. The number of amides is 2. The lowest BCUT2D eigenvalue weighted by atomic mass is 10.2. The van der Waals surface area contributed by atoms with Crippen LogP contribution in [0.15, 0.2) is 29.2 Å². The minimum Gasteiger partial charge on any atom is -0.379 e. The molecule has 0 aromatic heterocycles. The number of nitrogens with one attached hydrogen (secondary N) is 1. The molecule has 2 aliphatic heterocycles. The zero-order chi connectivity index (χ0) is 18.6. The molecule has 26 heavy (non-hydrogen) atoms. The van der Waals surface area contributed by atoms with E-state index in [2.05, 4.69) is 10.2 Å². The van der Waals surface area contributed by atoms with E-state index in [1.807, 2.05) is 0 Å². The van der Waals surface area contributed by atoms with Crippen LogP contribution in [0.3, 0.4) is 0 Å². The Labute approximate surface area is 153 Å². The second-order valence-corrected chi connectivity index (χ2v) is 8.12. The third-order valence-corrected chi connectivity index (χ3v) is 6.37. The van der Waals surface area contributed by atoms with Crippen molar-refractivity contribution < 1.29 is 22.7 Å². The van der Waals surface area contributed by atoms with Gasteiger partial charge in [0.25, 0.3) is 15.9 Å². The number of rotatable bonds is 7. The second kappa shape index (κ2) is 8.15. The lowest BCUT2D eigenvalue weighted by Gasteiger charge is -2.26. The summed E-state index contributed by atoms with van der Waals surface area (Å²) in [6, 6.07) is 6.17. The molecule has 0 radical (unpaired) electrons. The molecule has 3 rings (SSSR count). The molecule has 0 spiro atoms. The van der Waals surface area contributed by atoms with Gasteiger partial charge in [-0.05, 0) is 18.6 Å². The Morgan fingerprint density at radius 1 is 1.15 bits per heavy atom. The fraction of sp³-hybridized carbons (Fsp3) is 0.529. The van der Waals surface area contributed by atoms with E-state index in [1.165, 1.54) is 12.1 Å². The van der Waals surface area contributed by atoms with E-state index in [1.54, 1.807) is 12.1 Å². The predicted molar refractivity (Wildman–Crippen MR) is 94.2 cm³/mol. The lowest BCUT2D eigenvalue weighted by Crippen LogP contribution is -2.41. The molecule has 0 aliphatic carbocycles. The number of nitrogens with zero attached hydrogens (tertiary/aromatic N) is 2. The first-order valence-corrected chi connectivity index (χ1v) is 10.2. The number of carbonyl (C=O) groups is 2. The molecule has 1 N–H and O–H groups in total. The largest absolute Gasteiger partial charge is 0.379 e. The second-order valence-electron chi connectivity index (χ2n) is 6.29. The van der Waals surface area contributed by atoms with Gasteiger partial charge in [0, 0.05) is 39.1 Å². The topological polar surface area (TPSA) is 96.0 Å². The van der Waals surface area contributed by atoms with E-state index in [9.17, 15) is 18.0 Å². The molecule has 1 aromatic rings. The highest BCUT2D eigenvalue weighted by Gasteiger charge is 2.40. The van der Waals surface area contributed by atoms with Crippen molar-refractivity contribution in [2.75, 3.05) is 45.9 Å². The van der Waals surface area contributed by atoms with E-state index in [4.69, 9.17) is 4.74 Å². The van der Waals surface area contributed by atoms with Gasteiger partial charge in [-0.1, -0.05) is 12.1 Å². The fourth-order valence-corrected chi connectivity index (χ4v) is 4.71. The Morgan fingerprint density at radius 2 is 1.88 bits per heavy atom. The van der Waals surface area contributed by atoms with Gasteiger partial charge in [0.05, 0.1) is 18.8 Å². The van der Waals surface area contributed by atoms with E-state index in [0.717, 1.165) is 23.9 Å². The Bertz CT molecular complexity index is 774. The van der Waals surface area contributed by atoms with Gasteiger partial charge in [-0.2, -0.15) is 0 Å². The first-order valence-electron chi connectivity index (χ1n) is 8.73. The molecule has 0 bridgehead atoms. The van der Waals surface area contributed by atoms with Crippen LogP contribution in [0.2, 0.25) is 0 Å². The molecule has 0 saturated carbocycles. The third kappa shape index (κ3) is 4.05. The van der Waals surface area contributed by atoms with Crippen molar-refractivity contribution in [2.24, 2.45) is 0 Å². The summed E-state index contributed by atoms with van der Waals surface area (Å²) >= 11 is 0. The molecule has 1 saturated heterocycles. The highest BCUT2D eigenvalue weighted by molar-refractivity contribution is 7.90.